The zero-order valence-corrected chi connectivity index (χ0v) is 7.64. The molecule has 0 radical (unpaired) electrons. The van der Waals surface area contributed by atoms with E-state index in [4.69, 9.17) is 0 Å². The molecule has 0 aliphatic carbocycles. The Labute approximate surface area is 68.7 Å². The van der Waals surface area contributed by atoms with Crippen LogP contribution >= 0.6 is 15.9 Å². The SMILES string of the molecule is C=Cc1nn(C)c(C)c1Br. The summed E-state index contributed by atoms with van der Waals surface area (Å²) >= 11 is 3.41. The lowest BCUT2D eigenvalue weighted by Gasteiger charge is -1.89. The van der Waals surface area contributed by atoms with Crippen LogP contribution in [0.25, 0.3) is 6.08 Å². The second kappa shape index (κ2) is 2.58. The summed E-state index contributed by atoms with van der Waals surface area (Å²) in [5.41, 5.74) is 2.02. The predicted molar refractivity (Wildman–Crippen MR) is 45.7 cm³/mol. The van der Waals surface area contributed by atoms with Crippen LogP contribution in [0.5, 0.6) is 0 Å². The molecule has 0 unspecified atom stereocenters. The Kier molecular flexibility index (Phi) is 1.94. The fourth-order valence-corrected chi connectivity index (χ4v) is 1.24. The van der Waals surface area contributed by atoms with Gasteiger partial charge in [-0.3, -0.25) is 4.68 Å². The molecule has 0 saturated carbocycles. The lowest BCUT2D eigenvalue weighted by atomic mass is 10.4. The molecule has 1 aromatic rings. The van der Waals surface area contributed by atoms with Crippen LogP contribution in [0.2, 0.25) is 0 Å². The van der Waals surface area contributed by atoms with Gasteiger partial charge in [0, 0.05) is 12.7 Å². The summed E-state index contributed by atoms with van der Waals surface area (Å²) in [6.45, 7) is 5.64. The maximum Gasteiger partial charge on any atom is 0.0989 e. The molecule has 0 amide bonds. The molecule has 0 fully saturated rings. The standard InChI is InChI=1S/C7H9BrN2/c1-4-6-7(8)5(2)10(3)9-6/h4H,1H2,2-3H3. The average Bonchev–Trinajstić information content (AvgIpc) is 2.17. The van der Waals surface area contributed by atoms with E-state index in [1.807, 2.05) is 18.7 Å². The van der Waals surface area contributed by atoms with Gasteiger partial charge in [0.15, 0.2) is 0 Å². The molecule has 0 spiro atoms. The van der Waals surface area contributed by atoms with Crippen molar-refractivity contribution in [2.24, 2.45) is 7.05 Å². The van der Waals surface area contributed by atoms with Crippen molar-refractivity contribution in [1.29, 1.82) is 0 Å². The highest BCUT2D eigenvalue weighted by molar-refractivity contribution is 9.10. The van der Waals surface area contributed by atoms with Gasteiger partial charge in [0.2, 0.25) is 0 Å². The van der Waals surface area contributed by atoms with Gasteiger partial charge in [0.1, 0.15) is 0 Å². The number of halogens is 1. The molecular weight excluding hydrogens is 192 g/mol. The first-order valence-electron chi connectivity index (χ1n) is 2.98. The first-order valence-corrected chi connectivity index (χ1v) is 3.77. The van der Waals surface area contributed by atoms with Crippen molar-refractivity contribution in [2.75, 3.05) is 0 Å². The zero-order valence-electron chi connectivity index (χ0n) is 6.06. The Hall–Kier alpha value is -0.570. The second-order valence-electron chi connectivity index (χ2n) is 2.11. The van der Waals surface area contributed by atoms with Gasteiger partial charge in [0.05, 0.1) is 10.2 Å². The van der Waals surface area contributed by atoms with Gasteiger partial charge in [-0.05, 0) is 28.9 Å². The normalized spacial score (nSPS) is 9.90. The van der Waals surface area contributed by atoms with E-state index < -0.39 is 0 Å². The third-order valence-electron chi connectivity index (χ3n) is 1.48. The van der Waals surface area contributed by atoms with E-state index in [0.29, 0.717) is 0 Å². The van der Waals surface area contributed by atoms with Crippen LogP contribution < -0.4 is 0 Å². The van der Waals surface area contributed by atoms with Crippen molar-refractivity contribution < 1.29 is 0 Å². The molecule has 0 N–H and O–H groups in total. The van der Waals surface area contributed by atoms with E-state index in [9.17, 15) is 0 Å². The zero-order chi connectivity index (χ0) is 7.72. The van der Waals surface area contributed by atoms with Gasteiger partial charge in [-0.2, -0.15) is 5.10 Å². The van der Waals surface area contributed by atoms with Gasteiger partial charge in [-0.25, -0.2) is 0 Å². The minimum Gasteiger partial charge on any atom is -0.271 e. The highest BCUT2D eigenvalue weighted by Gasteiger charge is 2.05. The van der Waals surface area contributed by atoms with Crippen molar-refractivity contribution in [2.45, 2.75) is 6.92 Å². The first-order chi connectivity index (χ1) is 4.66. The number of nitrogens with zero attached hydrogens (tertiary/aromatic N) is 2. The molecule has 0 atom stereocenters. The lowest BCUT2D eigenvalue weighted by Crippen LogP contribution is -1.91. The van der Waals surface area contributed by atoms with Crippen molar-refractivity contribution in [3.05, 3.63) is 22.4 Å². The number of aryl methyl sites for hydroxylation is 1. The van der Waals surface area contributed by atoms with Crippen LogP contribution in [0.1, 0.15) is 11.4 Å². The van der Waals surface area contributed by atoms with Crippen molar-refractivity contribution in [3.8, 4) is 0 Å². The minimum atomic E-state index is 0.903. The summed E-state index contributed by atoms with van der Waals surface area (Å²) in [6.07, 6.45) is 1.73. The maximum atomic E-state index is 4.18. The molecule has 0 aliphatic heterocycles. The van der Waals surface area contributed by atoms with Crippen molar-refractivity contribution in [1.82, 2.24) is 9.78 Å². The van der Waals surface area contributed by atoms with E-state index in [1.165, 1.54) is 0 Å². The van der Waals surface area contributed by atoms with E-state index in [-0.39, 0.29) is 0 Å². The quantitative estimate of drug-likeness (QED) is 0.680. The fraction of sp³-hybridized carbons (Fsp3) is 0.286. The van der Waals surface area contributed by atoms with Gasteiger partial charge >= 0.3 is 0 Å². The van der Waals surface area contributed by atoms with Gasteiger partial charge in [0.25, 0.3) is 0 Å². The Bertz CT molecular complexity index is 263. The van der Waals surface area contributed by atoms with Crippen molar-refractivity contribution >= 4 is 22.0 Å². The smallest absolute Gasteiger partial charge is 0.0989 e. The van der Waals surface area contributed by atoms with E-state index >= 15 is 0 Å². The summed E-state index contributed by atoms with van der Waals surface area (Å²) in [5, 5.41) is 4.18. The third-order valence-corrected chi connectivity index (χ3v) is 2.46. The van der Waals surface area contributed by atoms with Gasteiger partial charge in [-0.15, -0.1) is 0 Å². The van der Waals surface area contributed by atoms with Gasteiger partial charge < -0.3 is 0 Å². The summed E-state index contributed by atoms with van der Waals surface area (Å²) in [6, 6.07) is 0. The highest BCUT2D eigenvalue weighted by Crippen LogP contribution is 2.20. The topological polar surface area (TPSA) is 17.8 Å². The van der Waals surface area contributed by atoms with Crippen LogP contribution in [0.15, 0.2) is 11.1 Å². The van der Waals surface area contributed by atoms with Gasteiger partial charge in [-0.1, -0.05) is 6.58 Å². The van der Waals surface area contributed by atoms with Crippen LogP contribution in [0, 0.1) is 6.92 Å². The van der Waals surface area contributed by atoms with Crippen LogP contribution in [-0.4, -0.2) is 9.78 Å². The van der Waals surface area contributed by atoms with E-state index in [1.54, 1.807) is 6.08 Å². The average molecular weight is 201 g/mol. The highest BCUT2D eigenvalue weighted by atomic mass is 79.9. The minimum absolute atomic E-state index is 0.903. The van der Waals surface area contributed by atoms with E-state index in [2.05, 4.69) is 27.6 Å². The molecular formula is C7H9BrN2. The Morgan fingerprint density at radius 1 is 1.70 bits per heavy atom. The summed E-state index contributed by atoms with van der Waals surface area (Å²) in [4.78, 5) is 0. The molecule has 1 aromatic heterocycles. The molecule has 0 aliphatic rings. The molecule has 0 bridgehead atoms. The molecule has 1 heterocycles. The van der Waals surface area contributed by atoms with Crippen LogP contribution in [-0.2, 0) is 7.05 Å². The number of rotatable bonds is 1. The Morgan fingerprint density at radius 3 is 2.50 bits per heavy atom. The number of hydrogen-bond acceptors (Lipinski definition) is 1. The largest absolute Gasteiger partial charge is 0.271 e. The lowest BCUT2D eigenvalue weighted by molar-refractivity contribution is 0.737. The molecule has 3 heteroatoms. The molecule has 2 nitrogen and oxygen atoms in total. The van der Waals surface area contributed by atoms with E-state index in [0.717, 1.165) is 15.9 Å². The molecule has 10 heavy (non-hydrogen) atoms. The third kappa shape index (κ3) is 1.01. The first kappa shape index (κ1) is 7.54. The summed E-state index contributed by atoms with van der Waals surface area (Å²) in [7, 11) is 1.91. The summed E-state index contributed by atoms with van der Waals surface area (Å²) < 4.78 is 2.85. The predicted octanol–water partition coefficient (Wildman–Crippen LogP) is 2.13. The second-order valence-corrected chi connectivity index (χ2v) is 2.91. The molecule has 54 valence electrons. The summed E-state index contributed by atoms with van der Waals surface area (Å²) in [5.74, 6) is 0. The Balaban J connectivity index is 3.30. The van der Waals surface area contributed by atoms with Crippen LogP contribution in [0.3, 0.4) is 0 Å². The monoisotopic (exact) mass is 200 g/mol. The Morgan fingerprint density at radius 2 is 2.30 bits per heavy atom. The molecule has 1 rings (SSSR count). The number of hydrogen-bond donors (Lipinski definition) is 0. The van der Waals surface area contributed by atoms with Crippen LogP contribution in [0.4, 0.5) is 0 Å². The molecule has 0 saturated heterocycles. The molecule has 0 aromatic carbocycles. The maximum absolute atomic E-state index is 4.18. The fourth-order valence-electron chi connectivity index (χ4n) is 0.738. The van der Waals surface area contributed by atoms with Crippen molar-refractivity contribution in [3.63, 3.8) is 0 Å². The number of aromatic nitrogens is 2.